The molecule has 0 saturated heterocycles. The van der Waals surface area contributed by atoms with Crippen molar-refractivity contribution in [3.8, 4) is 0 Å². The Labute approximate surface area is 52.2 Å². The zero-order chi connectivity index (χ0) is 6.41. The smallest absolute Gasteiger partial charge is 0.309 e. The van der Waals surface area contributed by atoms with E-state index in [1.54, 1.807) is 0 Å². The molecule has 0 aliphatic carbocycles. The van der Waals surface area contributed by atoms with Crippen LogP contribution in [0.1, 0.15) is 6.42 Å². The van der Waals surface area contributed by atoms with Gasteiger partial charge in [-0.2, -0.15) is 0 Å². The van der Waals surface area contributed by atoms with Crippen LogP contribution < -0.4 is 0 Å². The molecule has 0 amide bonds. The molecule has 48 valence electrons. The Bertz CT molecular complexity index is 65.7. The van der Waals surface area contributed by atoms with E-state index in [1.165, 1.54) is 0 Å². The van der Waals surface area contributed by atoms with Crippen molar-refractivity contribution in [2.75, 3.05) is 12.7 Å². The van der Waals surface area contributed by atoms with Crippen LogP contribution in [0.5, 0.6) is 0 Å². The summed E-state index contributed by atoms with van der Waals surface area (Å²) in [5.41, 5.74) is 0. The summed E-state index contributed by atoms with van der Waals surface area (Å²) in [5.74, 6) is -0.235. The maximum atomic E-state index is 10.2. The van der Waals surface area contributed by atoms with E-state index in [1.807, 2.05) is 0 Å². The van der Waals surface area contributed by atoms with Crippen LogP contribution in [0, 0.1) is 0 Å². The number of hydrogen-bond acceptors (Lipinski definition) is 3. The summed E-state index contributed by atoms with van der Waals surface area (Å²) in [4.78, 5) is 10.2. The van der Waals surface area contributed by atoms with Crippen LogP contribution in [-0.4, -0.2) is 23.7 Å². The second-order valence-electron chi connectivity index (χ2n) is 1.08. The molecule has 0 fully saturated rings. The average molecular weight is 139 g/mol. The molecular weight excluding hydrogens is 131 g/mol. The molecule has 0 heterocycles. The van der Waals surface area contributed by atoms with Crippen molar-refractivity contribution in [1.29, 1.82) is 0 Å². The van der Waals surface area contributed by atoms with Gasteiger partial charge < -0.3 is 9.84 Å². The minimum Gasteiger partial charge on any atom is -0.439 e. The molecule has 0 saturated carbocycles. The molecule has 0 aromatic heterocycles. The fourth-order valence-corrected chi connectivity index (χ4v) is 0.376. The van der Waals surface area contributed by atoms with Crippen molar-refractivity contribution >= 4 is 17.6 Å². The first-order valence-corrected chi connectivity index (χ1v) is 2.67. The van der Waals surface area contributed by atoms with E-state index in [-0.39, 0.29) is 12.3 Å². The number of carbonyl (C=O) groups is 1. The third-order valence-electron chi connectivity index (χ3n) is 0.524. The summed E-state index contributed by atoms with van der Waals surface area (Å²) < 4.78 is 4.11. The van der Waals surface area contributed by atoms with Gasteiger partial charge in [0.05, 0.1) is 6.42 Å². The lowest BCUT2D eigenvalue weighted by Crippen LogP contribution is -2.04. The lowest BCUT2D eigenvalue weighted by molar-refractivity contribution is -0.151. The SMILES string of the molecule is O=C(CCCl)OCO. The van der Waals surface area contributed by atoms with Gasteiger partial charge >= 0.3 is 5.97 Å². The number of rotatable bonds is 3. The third kappa shape index (κ3) is 3.89. The largest absolute Gasteiger partial charge is 0.439 e. The Morgan fingerprint density at radius 1 is 1.75 bits per heavy atom. The fraction of sp³-hybridized carbons (Fsp3) is 0.750. The van der Waals surface area contributed by atoms with E-state index < -0.39 is 12.8 Å². The first-order valence-electron chi connectivity index (χ1n) is 2.13. The van der Waals surface area contributed by atoms with Gasteiger partial charge in [0.1, 0.15) is 0 Å². The van der Waals surface area contributed by atoms with Crippen LogP contribution in [-0.2, 0) is 9.53 Å². The van der Waals surface area contributed by atoms with Crippen molar-refractivity contribution < 1.29 is 14.6 Å². The van der Waals surface area contributed by atoms with Crippen molar-refractivity contribution in [1.82, 2.24) is 0 Å². The number of aliphatic hydroxyl groups excluding tert-OH is 1. The monoisotopic (exact) mass is 138 g/mol. The molecule has 0 aromatic carbocycles. The van der Waals surface area contributed by atoms with Crippen LogP contribution in [0.15, 0.2) is 0 Å². The molecule has 0 unspecified atom stereocenters. The average Bonchev–Trinajstić information content (AvgIpc) is 1.68. The number of carbonyl (C=O) groups excluding carboxylic acids is 1. The Kier molecular flexibility index (Phi) is 4.70. The highest BCUT2D eigenvalue weighted by atomic mass is 35.5. The topological polar surface area (TPSA) is 46.5 Å². The standard InChI is InChI=1S/C4H7ClO3/c5-2-1-4(7)8-3-6/h6H,1-3H2. The number of ether oxygens (including phenoxy) is 1. The summed E-state index contributed by atoms with van der Waals surface area (Å²) in [6, 6.07) is 0. The Balaban J connectivity index is 3.06. The van der Waals surface area contributed by atoms with Gasteiger partial charge in [-0.1, -0.05) is 0 Å². The van der Waals surface area contributed by atoms with Crippen molar-refractivity contribution in [2.45, 2.75) is 6.42 Å². The molecule has 1 N–H and O–H groups in total. The zero-order valence-electron chi connectivity index (χ0n) is 4.26. The number of halogens is 1. The van der Waals surface area contributed by atoms with Crippen molar-refractivity contribution in [2.24, 2.45) is 0 Å². The predicted molar refractivity (Wildman–Crippen MR) is 28.5 cm³/mol. The minimum absolute atomic E-state index is 0.155. The van der Waals surface area contributed by atoms with Gasteiger partial charge in [0, 0.05) is 5.88 Å². The summed E-state index contributed by atoms with van der Waals surface area (Å²) in [6.45, 7) is -0.560. The molecule has 0 bridgehead atoms. The molecule has 8 heavy (non-hydrogen) atoms. The van der Waals surface area contributed by atoms with E-state index >= 15 is 0 Å². The summed E-state index contributed by atoms with van der Waals surface area (Å²) in [5, 5.41) is 7.98. The molecule has 0 aliphatic rings. The van der Waals surface area contributed by atoms with Gasteiger partial charge in [-0.25, -0.2) is 0 Å². The van der Waals surface area contributed by atoms with E-state index in [2.05, 4.69) is 4.74 Å². The maximum absolute atomic E-state index is 10.2. The van der Waals surface area contributed by atoms with Crippen LogP contribution in [0.2, 0.25) is 0 Å². The van der Waals surface area contributed by atoms with Gasteiger partial charge in [-0.15, -0.1) is 11.6 Å². The van der Waals surface area contributed by atoms with Crippen LogP contribution >= 0.6 is 11.6 Å². The van der Waals surface area contributed by atoms with Crippen LogP contribution in [0.4, 0.5) is 0 Å². The quantitative estimate of drug-likeness (QED) is 0.342. The summed E-state index contributed by atoms with van der Waals surface area (Å²) in [6.07, 6.45) is 0.155. The highest BCUT2D eigenvalue weighted by Gasteiger charge is 1.97. The Morgan fingerprint density at radius 3 is 2.75 bits per heavy atom. The Morgan fingerprint density at radius 2 is 2.38 bits per heavy atom. The third-order valence-corrected chi connectivity index (χ3v) is 0.713. The normalized spacial score (nSPS) is 8.75. The first kappa shape index (κ1) is 7.72. The second-order valence-corrected chi connectivity index (χ2v) is 1.46. The number of hydrogen-bond donors (Lipinski definition) is 1. The predicted octanol–water partition coefficient (Wildman–Crippen LogP) is 0.108. The van der Waals surface area contributed by atoms with Crippen LogP contribution in [0.3, 0.4) is 0 Å². The molecule has 0 radical (unpaired) electrons. The molecule has 4 heteroatoms. The second kappa shape index (κ2) is 4.87. The number of alkyl halides is 1. The molecular formula is C4H7ClO3. The zero-order valence-corrected chi connectivity index (χ0v) is 5.02. The fourth-order valence-electron chi connectivity index (χ4n) is 0.221. The summed E-state index contributed by atoms with van der Waals surface area (Å²) in [7, 11) is 0. The molecule has 0 spiro atoms. The molecule has 3 nitrogen and oxygen atoms in total. The highest BCUT2D eigenvalue weighted by molar-refractivity contribution is 6.18. The van der Waals surface area contributed by atoms with E-state index in [9.17, 15) is 4.79 Å². The first-order chi connectivity index (χ1) is 3.81. The van der Waals surface area contributed by atoms with Gasteiger partial charge in [0.2, 0.25) is 0 Å². The molecule has 0 aromatic rings. The van der Waals surface area contributed by atoms with Gasteiger partial charge in [0.25, 0.3) is 0 Å². The lowest BCUT2D eigenvalue weighted by atomic mass is 10.5. The van der Waals surface area contributed by atoms with E-state index in [0.29, 0.717) is 0 Å². The summed E-state index contributed by atoms with van der Waals surface area (Å²) >= 11 is 5.15. The van der Waals surface area contributed by atoms with Gasteiger partial charge in [0.15, 0.2) is 6.79 Å². The molecule has 0 atom stereocenters. The minimum atomic E-state index is -0.560. The van der Waals surface area contributed by atoms with E-state index in [4.69, 9.17) is 16.7 Å². The number of esters is 1. The van der Waals surface area contributed by atoms with E-state index in [0.717, 1.165) is 0 Å². The number of aliphatic hydroxyl groups is 1. The Hall–Kier alpha value is -0.280. The highest BCUT2D eigenvalue weighted by Crippen LogP contribution is 1.86. The van der Waals surface area contributed by atoms with Gasteiger partial charge in [-0.05, 0) is 0 Å². The van der Waals surface area contributed by atoms with Crippen LogP contribution in [0.25, 0.3) is 0 Å². The van der Waals surface area contributed by atoms with Crippen molar-refractivity contribution in [3.05, 3.63) is 0 Å². The molecule has 0 aliphatic heterocycles. The maximum Gasteiger partial charge on any atom is 0.309 e. The molecule has 0 rings (SSSR count). The van der Waals surface area contributed by atoms with Gasteiger partial charge in [-0.3, -0.25) is 4.79 Å². The lowest BCUT2D eigenvalue weighted by Gasteiger charge is -1.94. The van der Waals surface area contributed by atoms with Crippen molar-refractivity contribution in [3.63, 3.8) is 0 Å².